The number of anilines is 1. The molecule has 0 aliphatic rings. The Morgan fingerprint density at radius 1 is 1.07 bits per heavy atom. The number of nitrogens with one attached hydrogen (secondary N) is 2. The number of nitrogens with two attached hydrogens (primary N) is 1. The highest BCUT2D eigenvalue weighted by atomic mass is 16.5. The molecule has 0 radical (unpaired) electrons. The van der Waals surface area contributed by atoms with Crippen molar-refractivity contribution in [3.63, 3.8) is 0 Å². The molecule has 4 N–H and O–H groups in total. The average Bonchev–Trinajstić information content (AvgIpc) is 2.70. The molecule has 0 aromatic heterocycles. The van der Waals surface area contributed by atoms with Crippen molar-refractivity contribution in [1.82, 2.24) is 5.32 Å². The zero-order valence-electron chi connectivity index (χ0n) is 15.9. The molecule has 0 unspecified atom stereocenters. The van der Waals surface area contributed by atoms with Crippen molar-refractivity contribution in [3.8, 4) is 5.75 Å². The van der Waals surface area contributed by atoms with Gasteiger partial charge in [-0.05, 0) is 37.6 Å². The monoisotopic (exact) mass is 383 g/mol. The van der Waals surface area contributed by atoms with Gasteiger partial charge in [0.15, 0.2) is 5.78 Å². The van der Waals surface area contributed by atoms with Crippen LogP contribution in [-0.4, -0.2) is 37.3 Å². The van der Waals surface area contributed by atoms with Crippen molar-refractivity contribution >= 4 is 23.3 Å². The number of carbonyl (C=O) groups is 3. The number of carbonyl (C=O) groups excluding carboxylic acids is 3. The summed E-state index contributed by atoms with van der Waals surface area (Å²) >= 11 is 0. The van der Waals surface area contributed by atoms with Crippen LogP contribution in [0.3, 0.4) is 0 Å². The maximum Gasteiger partial charge on any atom is 0.253 e. The number of ether oxygens (including phenoxy) is 1. The number of benzene rings is 2. The molecule has 7 heteroatoms. The summed E-state index contributed by atoms with van der Waals surface area (Å²) in [7, 11) is 0. The van der Waals surface area contributed by atoms with Gasteiger partial charge in [0.25, 0.3) is 5.91 Å². The normalized spacial score (nSPS) is 10.2. The molecular formula is C21H25N3O4. The lowest BCUT2D eigenvalue weighted by Crippen LogP contribution is -2.30. The van der Waals surface area contributed by atoms with Gasteiger partial charge >= 0.3 is 0 Å². The topological polar surface area (TPSA) is 111 Å². The van der Waals surface area contributed by atoms with Crippen molar-refractivity contribution in [2.24, 2.45) is 5.73 Å². The molecule has 0 atom stereocenters. The van der Waals surface area contributed by atoms with Crippen LogP contribution in [0.1, 0.15) is 40.5 Å². The fourth-order valence-electron chi connectivity index (χ4n) is 2.51. The Morgan fingerprint density at radius 3 is 2.61 bits per heavy atom. The maximum atomic E-state index is 12.2. The van der Waals surface area contributed by atoms with E-state index in [2.05, 4.69) is 10.6 Å². The van der Waals surface area contributed by atoms with Crippen LogP contribution in [0.25, 0.3) is 0 Å². The van der Waals surface area contributed by atoms with Crippen LogP contribution >= 0.6 is 0 Å². The van der Waals surface area contributed by atoms with Gasteiger partial charge in [-0.2, -0.15) is 0 Å². The van der Waals surface area contributed by atoms with E-state index in [0.29, 0.717) is 48.7 Å². The lowest BCUT2D eigenvalue weighted by molar-refractivity contribution is -0.116. The minimum absolute atomic E-state index is 0.0287. The van der Waals surface area contributed by atoms with E-state index < -0.39 is 0 Å². The predicted molar refractivity (Wildman–Crippen MR) is 108 cm³/mol. The maximum absolute atomic E-state index is 12.2. The highest BCUT2D eigenvalue weighted by Crippen LogP contribution is 2.16. The summed E-state index contributed by atoms with van der Waals surface area (Å²) in [6.07, 6.45) is 0.739. The summed E-state index contributed by atoms with van der Waals surface area (Å²) < 4.78 is 5.60. The summed E-state index contributed by atoms with van der Waals surface area (Å²) in [4.78, 5) is 35.7. The minimum atomic E-state index is -0.282. The number of rotatable bonds is 10. The molecule has 2 amide bonds. The Balaban J connectivity index is 1.82. The zero-order valence-corrected chi connectivity index (χ0v) is 15.9. The lowest BCUT2D eigenvalue weighted by atomic mass is 10.1. The highest BCUT2D eigenvalue weighted by Gasteiger charge is 2.12. The fourth-order valence-corrected chi connectivity index (χ4v) is 2.51. The van der Waals surface area contributed by atoms with E-state index in [4.69, 9.17) is 10.5 Å². The minimum Gasteiger partial charge on any atom is -0.494 e. The van der Waals surface area contributed by atoms with Gasteiger partial charge in [0.1, 0.15) is 5.75 Å². The van der Waals surface area contributed by atoms with Crippen LogP contribution in [-0.2, 0) is 4.79 Å². The van der Waals surface area contributed by atoms with Crippen LogP contribution in [0.5, 0.6) is 5.75 Å². The first-order valence-electron chi connectivity index (χ1n) is 9.12. The molecule has 0 heterocycles. The molecule has 2 rings (SSSR count). The molecule has 7 nitrogen and oxygen atoms in total. The van der Waals surface area contributed by atoms with Crippen LogP contribution in [0.2, 0.25) is 0 Å². The highest BCUT2D eigenvalue weighted by molar-refractivity contribution is 6.03. The quantitative estimate of drug-likeness (QED) is 0.431. The Kier molecular flexibility index (Phi) is 8.17. The largest absolute Gasteiger partial charge is 0.494 e. The summed E-state index contributed by atoms with van der Waals surface area (Å²) in [5.74, 6) is 0.0734. The van der Waals surface area contributed by atoms with E-state index in [0.717, 1.165) is 0 Å². The van der Waals surface area contributed by atoms with Crippen molar-refractivity contribution in [3.05, 3.63) is 59.7 Å². The fraction of sp³-hybridized carbons (Fsp3) is 0.286. The zero-order chi connectivity index (χ0) is 20.4. The van der Waals surface area contributed by atoms with Crippen molar-refractivity contribution in [2.45, 2.75) is 19.8 Å². The third kappa shape index (κ3) is 6.51. The smallest absolute Gasteiger partial charge is 0.253 e. The molecule has 0 fully saturated rings. The first kappa shape index (κ1) is 21.1. The van der Waals surface area contributed by atoms with Crippen LogP contribution in [0.15, 0.2) is 48.5 Å². The Morgan fingerprint density at radius 2 is 1.86 bits per heavy atom. The summed E-state index contributed by atoms with van der Waals surface area (Å²) in [6.45, 7) is 2.55. The van der Waals surface area contributed by atoms with Gasteiger partial charge in [-0.25, -0.2) is 0 Å². The van der Waals surface area contributed by atoms with Gasteiger partial charge in [0.2, 0.25) is 5.91 Å². The Hall–Kier alpha value is -3.19. The van der Waals surface area contributed by atoms with Gasteiger partial charge in [-0.15, -0.1) is 0 Å². The second-order valence-corrected chi connectivity index (χ2v) is 6.17. The molecule has 28 heavy (non-hydrogen) atoms. The number of ketones is 1. The van der Waals surface area contributed by atoms with Gasteiger partial charge in [0.05, 0.1) is 17.9 Å². The molecule has 0 saturated heterocycles. The van der Waals surface area contributed by atoms with E-state index in [-0.39, 0.29) is 24.0 Å². The van der Waals surface area contributed by atoms with E-state index in [9.17, 15) is 14.4 Å². The van der Waals surface area contributed by atoms with Gasteiger partial charge in [-0.1, -0.05) is 24.3 Å². The first-order valence-corrected chi connectivity index (χ1v) is 9.12. The standard InChI is InChI=1S/C21H25N3O4/c1-15(25)16-6-4-7-17(14-16)28-13-5-10-20(26)24-19-9-3-2-8-18(19)21(27)23-12-11-22/h2-4,6-9,14H,5,10-13,22H2,1H3,(H,23,27)(H,24,26). The molecule has 2 aromatic rings. The first-order chi connectivity index (χ1) is 13.5. The van der Waals surface area contributed by atoms with Crippen LogP contribution < -0.4 is 21.1 Å². The van der Waals surface area contributed by atoms with Gasteiger partial charge < -0.3 is 21.1 Å². The average molecular weight is 383 g/mol. The third-order valence-corrected chi connectivity index (χ3v) is 3.93. The third-order valence-electron chi connectivity index (χ3n) is 3.93. The number of amides is 2. The molecule has 0 spiro atoms. The van der Waals surface area contributed by atoms with E-state index in [1.807, 2.05) is 0 Å². The number of hydrogen-bond donors (Lipinski definition) is 3. The second kappa shape index (κ2) is 10.8. The Bertz CT molecular complexity index is 836. The van der Waals surface area contributed by atoms with E-state index >= 15 is 0 Å². The Labute approximate surface area is 164 Å². The predicted octanol–water partition coefficient (Wildman–Crippen LogP) is 2.38. The second-order valence-electron chi connectivity index (χ2n) is 6.17. The molecule has 0 aliphatic heterocycles. The van der Waals surface area contributed by atoms with Crippen LogP contribution in [0.4, 0.5) is 5.69 Å². The van der Waals surface area contributed by atoms with Gasteiger partial charge in [-0.3, -0.25) is 14.4 Å². The SMILES string of the molecule is CC(=O)c1cccc(OCCCC(=O)Nc2ccccc2C(=O)NCCN)c1. The number of para-hydroxylation sites is 1. The summed E-state index contributed by atoms with van der Waals surface area (Å²) in [6, 6.07) is 13.7. The van der Waals surface area contributed by atoms with Crippen LogP contribution in [0, 0.1) is 0 Å². The molecular weight excluding hydrogens is 358 g/mol. The number of Topliss-reactive ketones (excluding diaryl/α,β-unsaturated/α-hetero) is 1. The van der Waals surface area contributed by atoms with Crippen molar-refractivity contribution in [1.29, 1.82) is 0 Å². The molecule has 0 aliphatic carbocycles. The van der Waals surface area contributed by atoms with Gasteiger partial charge in [0, 0.05) is 25.1 Å². The molecule has 148 valence electrons. The lowest BCUT2D eigenvalue weighted by Gasteiger charge is -2.11. The van der Waals surface area contributed by atoms with E-state index in [1.54, 1.807) is 48.5 Å². The van der Waals surface area contributed by atoms with Crippen molar-refractivity contribution < 1.29 is 19.1 Å². The van der Waals surface area contributed by atoms with Crippen molar-refractivity contribution in [2.75, 3.05) is 25.0 Å². The molecule has 0 bridgehead atoms. The molecule has 0 saturated carbocycles. The molecule has 2 aromatic carbocycles. The summed E-state index contributed by atoms with van der Waals surface area (Å²) in [5.41, 5.74) is 6.82. The van der Waals surface area contributed by atoms with E-state index in [1.165, 1.54) is 6.92 Å². The number of hydrogen-bond acceptors (Lipinski definition) is 5. The summed E-state index contributed by atoms with van der Waals surface area (Å²) in [5, 5.41) is 5.45.